The van der Waals surface area contributed by atoms with Crippen LogP contribution in [0.15, 0.2) is 48.7 Å². The van der Waals surface area contributed by atoms with Gasteiger partial charge in [-0.1, -0.05) is 12.1 Å². The van der Waals surface area contributed by atoms with Gasteiger partial charge in [0, 0.05) is 31.3 Å². The number of carbonyl (C=O) groups is 1. The Bertz CT molecular complexity index is 1300. The van der Waals surface area contributed by atoms with Crippen LogP contribution in [0.1, 0.15) is 18.9 Å². The molecule has 0 spiro atoms. The standard InChI is InChI=1S/C22H20F3N5O2/c1-13(32)28-16-5-2-4-14(10-16)19-12-27-21-20(26-8-3-9-31)29-17-11-15(22(23,24)25)6-7-18(17)30(19)21/h2,4-7,10-12,31H,3,8-9H2,1H3,(H,26,29)(H,28,32). The fourth-order valence-electron chi connectivity index (χ4n) is 3.48. The van der Waals surface area contributed by atoms with Gasteiger partial charge in [0.2, 0.25) is 5.91 Å². The van der Waals surface area contributed by atoms with E-state index in [1.807, 2.05) is 6.07 Å². The second-order valence-electron chi connectivity index (χ2n) is 7.23. The third-order valence-corrected chi connectivity index (χ3v) is 4.86. The van der Waals surface area contributed by atoms with Crippen LogP contribution in [0.4, 0.5) is 24.7 Å². The Morgan fingerprint density at radius 2 is 2.00 bits per heavy atom. The second kappa shape index (κ2) is 8.46. The van der Waals surface area contributed by atoms with E-state index in [1.54, 1.807) is 28.8 Å². The van der Waals surface area contributed by atoms with Gasteiger partial charge in [0.15, 0.2) is 11.5 Å². The van der Waals surface area contributed by atoms with Gasteiger partial charge in [0.1, 0.15) is 0 Å². The Kier molecular flexibility index (Phi) is 5.70. The van der Waals surface area contributed by atoms with Crippen LogP contribution in [0.5, 0.6) is 0 Å². The largest absolute Gasteiger partial charge is 0.416 e. The summed E-state index contributed by atoms with van der Waals surface area (Å²) in [6.45, 7) is 1.75. The number of fused-ring (bicyclic) bond motifs is 3. The van der Waals surface area contributed by atoms with Crippen molar-refractivity contribution in [1.29, 1.82) is 0 Å². The lowest BCUT2D eigenvalue weighted by atomic mass is 10.1. The molecule has 1 amide bonds. The molecule has 0 radical (unpaired) electrons. The zero-order chi connectivity index (χ0) is 22.9. The molecule has 0 aliphatic carbocycles. The Morgan fingerprint density at radius 3 is 2.72 bits per heavy atom. The molecule has 32 heavy (non-hydrogen) atoms. The van der Waals surface area contributed by atoms with Crippen molar-refractivity contribution in [3.63, 3.8) is 0 Å². The van der Waals surface area contributed by atoms with E-state index in [1.165, 1.54) is 13.0 Å². The number of alkyl halides is 3. The number of rotatable bonds is 6. The van der Waals surface area contributed by atoms with Crippen molar-refractivity contribution < 1.29 is 23.1 Å². The van der Waals surface area contributed by atoms with Crippen molar-refractivity contribution >= 4 is 34.1 Å². The summed E-state index contributed by atoms with van der Waals surface area (Å²) < 4.78 is 41.6. The van der Waals surface area contributed by atoms with Crippen LogP contribution in [0.3, 0.4) is 0 Å². The molecule has 4 rings (SSSR count). The third kappa shape index (κ3) is 4.22. The molecule has 2 aromatic heterocycles. The molecule has 0 saturated carbocycles. The SMILES string of the molecule is CC(=O)Nc1cccc(-c2cnc3c(NCCCO)nc4cc(C(F)(F)F)ccc4n23)c1. The van der Waals surface area contributed by atoms with E-state index in [4.69, 9.17) is 5.11 Å². The van der Waals surface area contributed by atoms with Gasteiger partial charge in [-0.05, 0) is 36.8 Å². The molecule has 0 aliphatic rings. The predicted octanol–water partition coefficient (Wildman–Crippen LogP) is 4.32. The van der Waals surface area contributed by atoms with Crippen molar-refractivity contribution in [2.24, 2.45) is 0 Å². The summed E-state index contributed by atoms with van der Waals surface area (Å²) in [5.41, 5.74) is 2.18. The number of benzene rings is 2. The number of aromatic nitrogens is 3. The van der Waals surface area contributed by atoms with Crippen LogP contribution in [-0.4, -0.2) is 38.5 Å². The molecule has 0 unspecified atom stereocenters. The van der Waals surface area contributed by atoms with Crippen LogP contribution >= 0.6 is 0 Å². The molecule has 4 aromatic rings. The molecule has 0 atom stereocenters. The van der Waals surface area contributed by atoms with Gasteiger partial charge >= 0.3 is 6.18 Å². The number of halogens is 3. The van der Waals surface area contributed by atoms with Crippen LogP contribution in [0, 0.1) is 0 Å². The van der Waals surface area contributed by atoms with Gasteiger partial charge in [-0.15, -0.1) is 0 Å². The number of nitrogens with zero attached hydrogens (tertiary/aromatic N) is 3. The highest BCUT2D eigenvalue weighted by atomic mass is 19.4. The van der Waals surface area contributed by atoms with Gasteiger partial charge in [-0.2, -0.15) is 13.2 Å². The molecule has 0 fully saturated rings. The van der Waals surface area contributed by atoms with E-state index in [-0.39, 0.29) is 18.0 Å². The van der Waals surface area contributed by atoms with E-state index >= 15 is 0 Å². The van der Waals surface area contributed by atoms with E-state index in [0.717, 1.165) is 17.7 Å². The van der Waals surface area contributed by atoms with E-state index in [2.05, 4.69) is 20.6 Å². The van der Waals surface area contributed by atoms with Crippen LogP contribution in [0.2, 0.25) is 0 Å². The topological polar surface area (TPSA) is 91.5 Å². The lowest BCUT2D eigenvalue weighted by molar-refractivity contribution is -0.137. The summed E-state index contributed by atoms with van der Waals surface area (Å²) in [6.07, 6.45) is -2.45. The minimum Gasteiger partial charge on any atom is -0.396 e. The number of nitrogens with one attached hydrogen (secondary N) is 2. The summed E-state index contributed by atoms with van der Waals surface area (Å²) in [6, 6.07) is 10.5. The fraction of sp³-hybridized carbons (Fsp3) is 0.227. The van der Waals surface area contributed by atoms with Crippen molar-refractivity contribution in [3.8, 4) is 11.3 Å². The first-order valence-electron chi connectivity index (χ1n) is 9.89. The van der Waals surface area contributed by atoms with Crippen molar-refractivity contribution in [3.05, 3.63) is 54.2 Å². The van der Waals surface area contributed by atoms with E-state index < -0.39 is 11.7 Å². The number of amides is 1. The highest BCUT2D eigenvalue weighted by Crippen LogP contribution is 2.34. The zero-order valence-corrected chi connectivity index (χ0v) is 17.1. The molecule has 0 saturated heterocycles. The summed E-state index contributed by atoms with van der Waals surface area (Å²) in [5, 5.41) is 14.8. The average molecular weight is 443 g/mol. The first-order chi connectivity index (χ1) is 15.3. The molecule has 3 N–H and O–H groups in total. The third-order valence-electron chi connectivity index (χ3n) is 4.86. The number of aliphatic hydroxyl groups is 1. The highest BCUT2D eigenvalue weighted by molar-refractivity contribution is 5.90. The molecule has 2 aromatic carbocycles. The monoisotopic (exact) mass is 443 g/mol. The lowest BCUT2D eigenvalue weighted by Crippen LogP contribution is -2.09. The van der Waals surface area contributed by atoms with Crippen LogP contribution < -0.4 is 10.6 Å². The summed E-state index contributed by atoms with van der Waals surface area (Å²) in [7, 11) is 0. The maximum atomic E-state index is 13.3. The molecular formula is C22H20F3N5O2. The van der Waals surface area contributed by atoms with Gasteiger partial charge in [0.05, 0.1) is 28.5 Å². The maximum absolute atomic E-state index is 13.3. The molecule has 7 nitrogen and oxygen atoms in total. The summed E-state index contributed by atoms with van der Waals surface area (Å²) in [4.78, 5) is 20.3. The zero-order valence-electron chi connectivity index (χ0n) is 17.1. The Balaban J connectivity index is 1.94. The maximum Gasteiger partial charge on any atom is 0.416 e. The minimum absolute atomic E-state index is 0.0370. The Morgan fingerprint density at radius 1 is 1.19 bits per heavy atom. The number of anilines is 2. The van der Waals surface area contributed by atoms with Crippen molar-refractivity contribution in [2.75, 3.05) is 23.8 Å². The number of carbonyl (C=O) groups excluding carboxylic acids is 1. The minimum atomic E-state index is -4.50. The first-order valence-corrected chi connectivity index (χ1v) is 9.89. The Hall–Kier alpha value is -3.66. The van der Waals surface area contributed by atoms with Crippen LogP contribution in [0.25, 0.3) is 27.9 Å². The molecule has 166 valence electrons. The second-order valence-corrected chi connectivity index (χ2v) is 7.23. The van der Waals surface area contributed by atoms with Gasteiger partial charge in [0.25, 0.3) is 0 Å². The van der Waals surface area contributed by atoms with Crippen LogP contribution in [-0.2, 0) is 11.0 Å². The number of imidazole rings is 1. The number of aliphatic hydroxyl groups excluding tert-OH is 1. The first kappa shape index (κ1) is 21.6. The quantitative estimate of drug-likeness (QED) is 0.386. The average Bonchev–Trinajstić information content (AvgIpc) is 3.18. The molecule has 0 bridgehead atoms. The fourth-order valence-corrected chi connectivity index (χ4v) is 3.48. The molecule has 10 heteroatoms. The predicted molar refractivity (Wildman–Crippen MR) is 115 cm³/mol. The summed E-state index contributed by atoms with van der Waals surface area (Å²) in [5.74, 6) is 0.0968. The normalized spacial score (nSPS) is 11.8. The van der Waals surface area contributed by atoms with Gasteiger partial charge in [-0.3, -0.25) is 9.20 Å². The van der Waals surface area contributed by atoms with Crippen molar-refractivity contribution in [2.45, 2.75) is 19.5 Å². The van der Waals surface area contributed by atoms with E-state index in [9.17, 15) is 18.0 Å². The smallest absolute Gasteiger partial charge is 0.396 e. The number of hydrogen-bond donors (Lipinski definition) is 3. The van der Waals surface area contributed by atoms with Gasteiger partial charge in [-0.25, -0.2) is 9.97 Å². The lowest BCUT2D eigenvalue weighted by Gasteiger charge is -2.13. The Labute approximate surface area is 180 Å². The highest BCUT2D eigenvalue weighted by Gasteiger charge is 2.31. The van der Waals surface area contributed by atoms with E-state index in [0.29, 0.717) is 41.3 Å². The summed E-state index contributed by atoms with van der Waals surface area (Å²) >= 11 is 0. The van der Waals surface area contributed by atoms with Crippen molar-refractivity contribution in [1.82, 2.24) is 14.4 Å². The number of hydrogen-bond acceptors (Lipinski definition) is 5. The van der Waals surface area contributed by atoms with Gasteiger partial charge < -0.3 is 15.7 Å². The molecular weight excluding hydrogens is 423 g/mol. The molecule has 2 heterocycles. The molecule has 0 aliphatic heterocycles.